The predicted octanol–water partition coefficient (Wildman–Crippen LogP) is 3.31. The van der Waals surface area contributed by atoms with Gasteiger partial charge in [0, 0.05) is 5.56 Å². The number of ether oxygens (including phenoxy) is 1. The van der Waals surface area contributed by atoms with Gasteiger partial charge in [0.05, 0.1) is 13.2 Å². The maximum Gasteiger partial charge on any atom is 0.123 e. The van der Waals surface area contributed by atoms with Gasteiger partial charge in [0.15, 0.2) is 0 Å². The van der Waals surface area contributed by atoms with E-state index in [4.69, 9.17) is 4.74 Å². The molecule has 0 radical (unpaired) electrons. The Hall–Kier alpha value is -1.28. The average Bonchev–Trinajstić information content (AvgIpc) is 2.29. The highest BCUT2D eigenvalue weighted by Gasteiger charge is 2.15. The van der Waals surface area contributed by atoms with Gasteiger partial charge in [0.25, 0.3) is 0 Å². The van der Waals surface area contributed by atoms with Gasteiger partial charge >= 0.3 is 0 Å². The molecule has 1 N–H and O–H groups in total. The van der Waals surface area contributed by atoms with Gasteiger partial charge in [-0.15, -0.1) is 0 Å². The van der Waals surface area contributed by atoms with E-state index in [1.165, 1.54) is 0 Å². The molecule has 1 aromatic rings. The van der Waals surface area contributed by atoms with Gasteiger partial charge in [-0.05, 0) is 26.0 Å². The molecule has 1 unspecified atom stereocenters. The SMILES string of the molecule is C=C(C)C(NCCC)c1ccccc1OC. The fraction of sp³-hybridized carbons (Fsp3) is 0.429. The van der Waals surface area contributed by atoms with E-state index < -0.39 is 0 Å². The maximum absolute atomic E-state index is 5.38. The minimum atomic E-state index is 0.177. The average molecular weight is 219 g/mol. The van der Waals surface area contributed by atoms with Crippen molar-refractivity contribution in [2.75, 3.05) is 13.7 Å². The number of rotatable bonds is 6. The van der Waals surface area contributed by atoms with E-state index in [1.807, 2.05) is 25.1 Å². The number of para-hydroxylation sites is 1. The maximum atomic E-state index is 5.38. The number of nitrogens with one attached hydrogen (secondary N) is 1. The van der Waals surface area contributed by atoms with Gasteiger partial charge in [-0.25, -0.2) is 0 Å². The molecule has 0 amide bonds. The smallest absolute Gasteiger partial charge is 0.123 e. The highest BCUT2D eigenvalue weighted by atomic mass is 16.5. The first-order chi connectivity index (χ1) is 7.70. The van der Waals surface area contributed by atoms with Crippen LogP contribution in [0.5, 0.6) is 5.75 Å². The second-order valence-electron chi connectivity index (χ2n) is 3.98. The summed E-state index contributed by atoms with van der Waals surface area (Å²) in [5.41, 5.74) is 2.27. The van der Waals surface area contributed by atoms with Crippen molar-refractivity contribution < 1.29 is 4.74 Å². The molecule has 0 saturated carbocycles. The van der Waals surface area contributed by atoms with Crippen LogP contribution in [0.1, 0.15) is 31.9 Å². The summed E-state index contributed by atoms with van der Waals surface area (Å²) in [6, 6.07) is 8.26. The molecular formula is C14H21NO. The third-order valence-corrected chi connectivity index (χ3v) is 2.54. The van der Waals surface area contributed by atoms with Gasteiger partial charge in [-0.3, -0.25) is 0 Å². The first-order valence-electron chi connectivity index (χ1n) is 5.72. The Balaban J connectivity index is 2.95. The monoisotopic (exact) mass is 219 g/mol. The van der Waals surface area contributed by atoms with E-state index in [-0.39, 0.29) is 6.04 Å². The second-order valence-corrected chi connectivity index (χ2v) is 3.98. The topological polar surface area (TPSA) is 21.3 Å². The third kappa shape index (κ3) is 3.11. The van der Waals surface area contributed by atoms with E-state index in [9.17, 15) is 0 Å². The summed E-state index contributed by atoms with van der Waals surface area (Å²) in [6.07, 6.45) is 1.11. The lowest BCUT2D eigenvalue weighted by Gasteiger charge is -2.21. The van der Waals surface area contributed by atoms with E-state index in [1.54, 1.807) is 7.11 Å². The molecule has 0 aliphatic heterocycles. The van der Waals surface area contributed by atoms with Crippen LogP contribution in [0, 0.1) is 0 Å². The number of benzene rings is 1. The quantitative estimate of drug-likeness (QED) is 0.741. The molecule has 88 valence electrons. The Morgan fingerprint density at radius 2 is 2.12 bits per heavy atom. The third-order valence-electron chi connectivity index (χ3n) is 2.54. The summed E-state index contributed by atoms with van der Waals surface area (Å²) >= 11 is 0. The lowest BCUT2D eigenvalue weighted by atomic mass is 10.00. The van der Waals surface area contributed by atoms with Crippen molar-refractivity contribution in [3.63, 3.8) is 0 Å². The predicted molar refractivity (Wildman–Crippen MR) is 68.8 cm³/mol. The van der Waals surface area contributed by atoms with Crippen LogP contribution in [-0.2, 0) is 0 Å². The second kappa shape index (κ2) is 6.33. The fourth-order valence-corrected chi connectivity index (χ4v) is 1.74. The zero-order valence-corrected chi connectivity index (χ0v) is 10.4. The molecule has 1 aromatic carbocycles. The minimum absolute atomic E-state index is 0.177. The van der Waals surface area contributed by atoms with Crippen LogP contribution >= 0.6 is 0 Å². The van der Waals surface area contributed by atoms with Crippen molar-refractivity contribution in [3.8, 4) is 5.75 Å². The molecule has 0 saturated heterocycles. The number of hydrogen-bond donors (Lipinski definition) is 1. The Kier molecular flexibility index (Phi) is 5.06. The number of methoxy groups -OCH3 is 1. The standard InChI is InChI=1S/C14H21NO/c1-5-10-15-14(11(2)3)12-8-6-7-9-13(12)16-4/h6-9,14-15H,2,5,10H2,1,3-4H3. The van der Waals surface area contributed by atoms with Crippen LogP contribution in [0.2, 0.25) is 0 Å². The molecular weight excluding hydrogens is 198 g/mol. The van der Waals surface area contributed by atoms with Gasteiger partial charge < -0.3 is 10.1 Å². The molecule has 0 fully saturated rings. The van der Waals surface area contributed by atoms with Gasteiger partial charge in [0.2, 0.25) is 0 Å². The molecule has 2 nitrogen and oxygen atoms in total. The molecule has 1 atom stereocenters. The van der Waals surface area contributed by atoms with Crippen molar-refractivity contribution in [2.24, 2.45) is 0 Å². The van der Waals surface area contributed by atoms with Crippen LogP contribution in [0.25, 0.3) is 0 Å². The molecule has 0 aromatic heterocycles. The van der Waals surface area contributed by atoms with Crippen molar-refractivity contribution in [1.29, 1.82) is 0 Å². The normalized spacial score (nSPS) is 12.2. The largest absolute Gasteiger partial charge is 0.496 e. The van der Waals surface area contributed by atoms with E-state index >= 15 is 0 Å². The molecule has 0 heterocycles. The molecule has 0 aliphatic rings. The zero-order valence-electron chi connectivity index (χ0n) is 10.4. The Morgan fingerprint density at radius 3 is 2.69 bits per heavy atom. The highest BCUT2D eigenvalue weighted by molar-refractivity contribution is 5.39. The summed E-state index contributed by atoms with van der Waals surface area (Å²) in [5.74, 6) is 0.916. The van der Waals surface area contributed by atoms with Crippen LogP contribution in [0.15, 0.2) is 36.4 Å². The van der Waals surface area contributed by atoms with Gasteiger partial charge in [-0.1, -0.05) is 37.3 Å². The number of hydrogen-bond acceptors (Lipinski definition) is 2. The van der Waals surface area contributed by atoms with Crippen LogP contribution in [-0.4, -0.2) is 13.7 Å². The van der Waals surface area contributed by atoms with Crippen molar-refractivity contribution >= 4 is 0 Å². The van der Waals surface area contributed by atoms with Gasteiger partial charge in [-0.2, -0.15) is 0 Å². The Bertz CT molecular complexity index is 346. The first kappa shape index (κ1) is 12.8. The van der Waals surface area contributed by atoms with Gasteiger partial charge in [0.1, 0.15) is 5.75 Å². The molecule has 0 spiro atoms. The van der Waals surface area contributed by atoms with E-state index in [2.05, 4.69) is 24.9 Å². The van der Waals surface area contributed by atoms with E-state index in [0.717, 1.165) is 29.9 Å². The van der Waals surface area contributed by atoms with Crippen LogP contribution in [0.3, 0.4) is 0 Å². The fourth-order valence-electron chi connectivity index (χ4n) is 1.74. The zero-order chi connectivity index (χ0) is 12.0. The lowest BCUT2D eigenvalue weighted by Crippen LogP contribution is -2.23. The summed E-state index contributed by atoms with van der Waals surface area (Å²) < 4.78 is 5.38. The summed E-state index contributed by atoms with van der Waals surface area (Å²) in [6.45, 7) is 9.22. The Morgan fingerprint density at radius 1 is 1.44 bits per heavy atom. The molecule has 2 heteroatoms. The lowest BCUT2D eigenvalue weighted by molar-refractivity contribution is 0.403. The summed E-state index contributed by atoms with van der Waals surface area (Å²) in [4.78, 5) is 0. The first-order valence-corrected chi connectivity index (χ1v) is 5.72. The van der Waals surface area contributed by atoms with E-state index in [0.29, 0.717) is 0 Å². The van der Waals surface area contributed by atoms with Crippen LogP contribution in [0.4, 0.5) is 0 Å². The van der Waals surface area contributed by atoms with Crippen molar-refractivity contribution in [3.05, 3.63) is 42.0 Å². The minimum Gasteiger partial charge on any atom is -0.496 e. The van der Waals surface area contributed by atoms with Crippen LogP contribution < -0.4 is 10.1 Å². The van der Waals surface area contributed by atoms with Crippen molar-refractivity contribution in [2.45, 2.75) is 26.3 Å². The Labute approximate surface area is 98.3 Å². The highest BCUT2D eigenvalue weighted by Crippen LogP contribution is 2.28. The summed E-state index contributed by atoms with van der Waals surface area (Å²) in [7, 11) is 1.70. The molecule has 16 heavy (non-hydrogen) atoms. The summed E-state index contributed by atoms with van der Waals surface area (Å²) in [5, 5.41) is 3.48. The molecule has 1 rings (SSSR count). The molecule has 0 bridgehead atoms. The van der Waals surface area contributed by atoms with Crippen molar-refractivity contribution in [1.82, 2.24) is 5.32 Å². The molecule has 0 aliphatic carbocycles.